The lowest BCUT2D eigenvalue weighted by Gasteiger charge is -2.01. The van der Waals surface area contributed by atoms with Crippen molar-refractivity contribution in [2.75, 3.05) is 26.8 Å². The highest BCUT2D eigenvalue weighted by atomic mass is 16.5. The Hall–Kier alpha value is -0.410. The molecule has 0 fully saturated rings. The molecule has 0 spiro atoms. The first-order valence-electron chi connectivity index (χ1n) is 5.05. The molecule has 0 amide bonds. The molecule has 0 saturated carbocycles. The monoisotopic (exact) mass is 187 g/mol. The zero-order chi connectivity index (χ0) is 9.94. The summed E-state index contributed by atoms with van der Waals surface area (Å²) in [5, 5.41) is 3.08. The van der Waals surface area contributed by atoms with Gasteiger partial charge in [-0.05, 0) is 33.4 Å². The van der Waals surface area contributed by atoms with E-state index in [1.54, 1.807) is 0 Å². The summed E-state index contributed by atoms with van der Waals surface area (Å²) in [6, 6.07) is 0. The minimum Gasteiger partial charge on any atom is -0.374 e. The third kappa shape index (κ3) is 9.50. The van der Waals surface area contributed by atoms with E-state index in [9.17, 15) is 4.79 Å². The smallest absolute Gasteiger partial charge is 0.158 e. The van der Waals surface area contributed by atoms with Gasteiger partial charge < -0.3 is 10.1 Å². The molecule has 1 N–H and O–H groups in total. The Morgan fingerprint density at radius 1 is 1.31 bits per heavy atom. The number of ether oxygens (including phenoxy) is 1. The van der Waals surface area contributed by atoms with Crippen molar-refractivity contribution in [3.05, 3.63) is 0 Å². The number of Topliss-reactive ketones (excluding diaryl/α,β-unsaturated/α-hetero) is 1. The van der Waals surface area contributed by atoms with Gasteiger partial charge in [0.15, 0.2) is 5.78 Å². The van der Waals surface area contributed by atoms with E-state index in [1.807, 2.05) is 14.0 Å². The van der Waals surface area contributed by atoms with E-state index in [1.165, 1.54) is 0 Å². The van der Waals surface area contributed by atoms with Gasteiger partial charge in [0.25, 0.3) is 0 Å². The maximum absolute atomic E-state index is 11.1. The lowest BCUT2D eigenvalue weighted by atomic mass is 10.1. The second kappa shape index (κ2) is 9.68. The summed E-state index contributed by atoms with van der Waals surface area (Å²) in [6.07, 6.45) is 3.94. The first kappa shape index (κ1) is 12.6. The van der Waals surface area contributed by atoms with E-state index in [-0.39, 0.29) is 5.78 Å². The van der Waals surface area contributed by atoms with Gasteiger partial charge in [0, 0.05) is 13.0 Å². The number of rotatable bonds is 9. The first-order chi connectivity index (χ1) is 6.31. The Bertz CT molecular complexity index is 126. The minimum atomic E-state index is 0.228. The molecule has 0 aromatic heterocycles. The van der Waals surface area contributed by atoms with Crippen LogP contribution >= 0.6 is 0 Å². The molecular formula is C10H21NO2. The van der Waals surface area contributed by atoms with Crippen molar-refractivity contribution in [1.82, 2.24) is 5.32 Å². The van der Waals surface area contributed by atoms with Crippen LogP contribution < -0.4 is 5.32 Å². The highest BCUT2D eigenvalue weighted by Crippen LogP contribution is 1.99. The van der Waals surface area contributed by atoms with Crippen molar-refractivity contribution in [1.29, 1.82) is 0 Å². The molecule has 0 bridgehead atoms. The highest BCUT2D eigenvalue weighted by molar-refractivity contribution is 5.79. The van der Waals surface area contributed by atoms with Crippen molar-refractivity contribution in [3.8, 4) is 0 Å². The van der Waals surface area contributed by atoms with E-state index < -0.39 is 0 Å². The van der Waals surface area contributed by atoms with Gasteiger partial charge in [-0.1, -0.05) is 6.42 Å². The van der Waals surface area contributed by atoms with Gasteiger partial charge in [0.1, 0.15) is 6.61 Å². The fourth-order valence-corrected chi connectivity index (χ4v) is 1.09. The number of nitrogens with one attached hydrogen (secondary N) is 1. The van der Waals surface area contributed by atoms with Crippen LogP contribution in [0.4, 0.5) is 0 Å². The summed E-state index contributed by atoms with van der Waals surface area (Å²) in [5.74, 6) is 0.228. The summed E-state index contributed by atoms with van der Waals surface area (Å²) in [7, 11) is 1.94. The van der Waals surface area contributed by atoms with Gasteiger partial charge in [-0.2, -0.15) is 0 Å². The molecule has 3 nitrogen and oxygen atoms in total. The molecule has 0 radical (unpaired) electrons. The van der Waals surface area contributed by atoms with Crippen LogP contribution in [0.25, 0.3) is 0 Å². The van der Waals surface area contributed by atoms with Crippen molar-refractivity contribution in [2.24, 2.45) is 0 Å². The summed E-state index contributed by atoms with van der Waals surface area (Å²) in [4.78, 5) is 11.1. The van der Waals surface area contributed by atoms with E-state index in [2.05, 4.69) is 5.32 Å². The Kier molecular flexibility index (Phi) is 9.37. The van der Waals surface area contributed by atoms with Gasteiger partial charge in [-0.25, -0.2) is 0 Å². The lowest BCUT2D eigenvalue weighted by molar-refractivity contribution is -0.123. The average Bonchev–Trinajstić information content (AvgIpc) is 2.14. The van der Waals surface area contributed by atoms with E-state index in [0.717, 1.165) is 25.8 Å². The molecule has 0 aliphatic heterocycles. The van der Waals surface area contributed by atoms with Crippen LogP contribution in [-0.4, -0.2) is 32.6 Å². The zero-order valence-corrected chi connectivity index (χ0v) is 8.77. The van der Waals surface area contributed by atoms with Crippen LogP contribution in [-0.2, 0) is 9.53 Å². The SMILES string of the molecule is CCOCC(=O)CCCCCNC. The summed E-state index contributed by atoms with van der Waals surface area (Å²) >= 11 is 0. The summed E-state index contributed by atoms with van der Waals surface area (Å²) in [6.45, 7) is 3.87. The quantitative estimate of drug-likeness (QED) is 0.554. The number of carbonyl (C=O) groups excluding carboxylic acids is 1. The fraction of sp³-hybridized carbons (Fsp3) is 0.900. The maximum Gasteiger partial charge on any atom is 0.158 e. The maximum atomic E-state index is 11.1. The minimum absolute atomic E-state index is 0.228. The van der Waals surface area contributed by atoms with Crippen molar-refractivity contribution in [3.63, 3.8) is 0 Å². The van der Waals surface area contributed by atoms with Gasteiger partial charge in [0.2, 0.25) is 0 Å². The highest BCUT2D eigenvalue weighted by Gasteiger charge is 2.00. The van der Waals surface area contributed by atoms with Gasteiger partial charge in [-0.15, -0.1) is 0 Å². The average molecular weight is 187 g/mol. The molecule has 0 rings (SSSR count). The molecular weight excluding hydrogens is 166 g/mol. The van der Waals surface area contributed by atoms with Crippen LogP contribution in [0.5, 0.6) is 0 Å². The zero-order valence-electron chi connectivity index (χ0n) is 8.77. The predicted octanol–water partition coefficient (Wildman–Crippen LogP) is 1.37. The molecule has 3 heteroatoms. The van der Waals surface area contributed by atoms with Gasteiger partial charge >= 0.3 is 0 Å². The first-order valence-corrected chi connectivity index (χ1v) is 5.05. The molecule has 0 aliphatic rings. The van der Waals surface area contributed by atoms with Gasteiger partial charge in [0.05, 0.1) is 0 Å². The lowest BCUT2D eigenvalue weighted by Crippen LogP contribution is -2.09. The Morgan fingerprint density at radius 2 is 2.08 bits per heavy atom. The number of hydrogen-bond donors (Lipinski definition) is 1. The molecule has 0 heterocycles. The largest absolute Gasteiger partial charge is 0.374 e. The third-order valence-electron chi connectivity index (χ3n) is 1.85. The van der Waals surface area contributed by atoms with Gasteiger partial charge in [-0.3, -0.25) is 4.79 Å². The molecule has 0 atom stereocenters. The third-order valence-corrected chi connectivity index (χ3v) is 1.85. The van der Waals surface area contributed by atoms with Crippen molar-refractivity contribution >= 4 is 5.78 Å². The van der Waals surface area contributed by atoms with E-state index in [4.69, 9.17) is 4.74 Å². The van der Waals surface area contributed by atoms with Crippen LogP contribution in [0.15, 0.2) is 0 Å². The molecule has 78 valence electrons. The fourth-order valence-electron chi connectivity index (χ4n) is 1.09. The van der Waals surface area contributed by atoms with Crippen LogP contribution in [0.2, 0.25) is 0 Å². The van der Waals surface area contributed by atoms with Crippen molar-refractivity contribution in [2.45, 2.75) is 32.6 Å². The second-order valence-electron chi connectivity index (χ2n) is 3.09. The Labute approximate surface area is 80.8 Å². The van der Waals surface area contributed by atoms with E-state index >= 15 is 0 Å². The molecule has 0 aromatic carbocycles. The van der Waals surface area contributed by atoms with Crippen molar-refractivity contribution < 1.29 is 9.53 Å². The molecule has 0 aromatic rings. The summed E-state index contributed by atoms with van der Waals surface area (Å²) < 4.78 is 5.01. The van der Waals surface area contributed by atoms with E-state index in [0.29, 0.717) is 19.6 Å². The van der Waals surface area contributed by atoms with Crippen LogP contribution in [0.1, 0.15) is 32.6 Å². The number of carbonyl (C=O) groups is 1. The Morgan fingerprint density at radius 3 is 2.69 bits per heavy atom. The Balaban J connectivity index is 3.08. The summed E-state index contributed by atoms with van der Waals surface area (Å²) in [5.41, 5.74) is 0. The standard InChI is InChI=1S/C10H21NO2/c1-3-13-9-10(12)7-5-4-6-8-11-2/h11H,3-9H2,1-2H3. The topological polar surface area (TPSA) is 38.3 Å². The molecule has 0 saturated heterocycles. The molecule has 13 heavy (non-hydrogen) atoms. The normalized spacial score (nSPS) is 10.3. The van der Waals surface area contributed by atoms with Crippen LogP contribution in [0, 0.1) is 0 Å². The molecule has 0 unspecified atom stereocenters. The number of ketones is 1. The number of unbranched alkanes of at least 4 members (excludes halogenated alkanes) is 2. The predicted molar refractivity (Wildman–Crippen MR) is 53.9 cm³/mol. The van der Waals surface area contributed by atoms with Crippen LogP contribution in [0.3, 0.4) is 0 Å². The second-order valence-corrected chi connectivity index (χ2v) is 3.09. The number of hydrogen-bond acceptors (Lipinski definition) is 3. The molecule has 0 aliphatic carbocycles.